The highest BCUT2D eigenvalue weighted by Crippen LogP contribution is 2.14. The summed E-state index contributed by atoms with van der Waals surface area (Å²) < 4.78 is 0. The van der Waals surface area contributed by atoms with Crippen LogP contribution in [0.1, 0.15) is 6.92 Å². The van der Waals surface area contributed by atoms with Gasteiger partial charge in [0.15, 0.2) is 0 Å². The Hall–Kier alpha value is -1.14. The smallest absolute Gasteiger partial charge is 0.317 e. The maximum atomic E-state index is 11.1. The third kappa shape index (κ3) is 2.90. The van der Waals surface area contributed by atoms with Gasteiger partial charge in [-0.3, -0.25) is 14.5 Å². The Kier molecular flexibility index (Phi) is 3.65. The van der Waals surface area contributed by atoms with Crippen LogP contribution in [0.25, 0.3) is 0 Å². The van der Waals surface area contributed by atoms with E-state index in [1.54, 1.807) is 11.9 Å². The van der Waals surface area contributed by atoms with Gasteiger partial charge in [-0.25, -0.2) is 0 Å². The number of nitrogens with zero attached hydrogens (tertiary/aromatic N) is 2. The lowest BCUT2D eigenvalue weighted by atomic mass is 10.2. The van der Waals surface area contributed by atoms with Crippen molar-refractivity contribution in [2.75, 3.05) is 26.7 Å². The van der Waals surface area contributed by atoms with Gasteiger partial charge in [0, 0.05) is 20.0 Å². The number of β-amino-alcohol motifs (C(OH)–C–C–N with tert-alkyl or cyclic N) is 1. The summed E-state index contributed by atoms with van der Waals surface area (Å²) in [6, 6.07) is -0.287. The Bertz CT molecular complexity index is 269. The SMILES string of the molecule is CC(=O)N1C[C@H](O)[C@@H](N(C)CC(=O)O)C1. The number of carboxylic acids is 1. The van der Waals surface area contributed by atoms with Gasteiger partial charge in [-0.2, -0.15) is 0 Å². The van der Waals surface area contributed by atoms with Crippen molar-refractivity contribution in [3.8, 4) is 0 Å². The molecule has 0 radical (unpaired) electrons. The Morgan fingerprint density at radius 2 is 2.07 bits per heavy atom. The van der Waals surface area contributed by atoms with Gasteiger partial charge in [-0.05, 0) is 7.05 Å². The third-order valence-electron chi connectivity index (χ3n) is 2.66. The minimum atomic E-state index is -0.939. The summed E-state index contributed by atoms with van der Waals surface area (Å²) in [6.45, 7) is 1.98. The van der Waals surface area contributed by atoms with Crippen molar-refractivity contribution < 1.29 is 19.8 Å². The van der Waals surface area contributed by atoms with Crippen molar-refractivity contribution in [1.82, 2.24) is 9.80 Å². The van der Waals surface area contributed by atoms with E-state index < -0.39 is 12.1 Å². The van der Waals surface area contributed by atoms with Crippen LogP contribution in [-0.4, -0.2) is 70.7 Å². The van der Waals surface area contributed by atoms with E-state index in [0.717, 1.165) is 0 Å². The number of likely N-dealkylation sites (N-methyl/N-ethyl adjacent to an activating group) is 1. The van der Waals surface area contributed by atoms with Gasteiger partial charge < -0.3 is 15.1 Å². The average molecular weight is 216 g/mol. The predicted octanol–water partition coefficient (Wildman–Crippen LogP) is -1.41. The number of hydrogen-bond donors (Lipinski definition) is 2. The Morgan fingerprint density at radius 3 is 2.47 bits per heavy atom. The number of carbonyl (C=O) groups excluding carboxylic acids is 1. The van der Waals surface area contributed by atoms with Gasteiger partial charge in [0.1, 0.15) is 0 Å². The van der Waals surface area contributed by atoms with Gasteiger partial charge in [-0.1, -0.05) is 0 Å². The van der Waals surface area contributed by atoms with E-state index in [0.29, 0.717) is 6.54 Å². The third-order valence-corrected chi connectivity index (χ3v) is 2.66. The molecule has 1 fully saturated rings. The largest absolute Gasteiger partial charge is 0.480 e. The predicted molar refractivity (Wildman–Crippen MR) is 52.3 cm³/mol. The summed E-state index contributed by atoms with van der Waals surface area (Å²) in [5.74, 6) is -1.04. The molecule has 2 N–H and O–H groups in total. The highest BCUT2D eigenvalue weighted by Gasteiger charge is 2.35. The number of aliphatic carboxylic acids is 1. The fourth-order valence-electron chi connectivity index (χ4n) is 1.79. The van der Waals surface area contributed by atoms with Crippen molar-refractivity contribution in [2.45, 2.75) is 19.1 Å². The molecule has 1 aliphatic rings. The van der Waals surface area contributed by atoms with Crippen LogP contribution >= 0.6 is 0 Å². The molecule has 86 valence electrons. The van der Waals surface area contributed by atoms with E-state index in [1.807, 2.05) is 0 Å². The molecular weight excluding hydrogens is 200 g/mol. The second-order valence-electron chi connectivity index (χ2n) is 3.87. The van der Waals surface area contributed by atoms with Crippen molar-refractivity contribution in [2.24, 2.45) is 0 Å². The van der Waals surface area contributed by atoms with E-state index in [2.05, 4.69) is 0 Å². The van der Waals surface area contributed by atoms with Gasteiger partial charge in [0.05, 0.1) is 18.7 Å². The molecule has 0 aromatic heterocycles. The number of carboxylic acid groups (broad SMARTS) is 1. The lowest BCUT2D eigenvalue weighted by Crippen LogP contribution is -2.43. The lowest BCUT2D eigenvalue weighted by Gasteiger charge is -2.24. The molecule has 1 rings (SSSR count). The Morgan fingerprint density at radius 1 is 1.47 bits per heavy atom. The number of aliphatic hydroxyl groups excluding tert-OH is 1. The molecule has 0 saturated carbocycles. The number of amides is 1. The molecule has 0 unspecified atom stereocenters. The first-order valence-electron chi connectivity index (χ1n) is 4.77. The summed E-state index contributed by atoms with van der Waals surface area (Å²) in [4.78, 5) is 24.6. The second-order valence-corrected chi connectivity index (χ2v) is 3.87. The van der Waals surface area contributed by atoms with Crippen LogP contribution in [0, 0.1) is 0 Å². The fraction of sp³-hybridized carbons (Fsp3) is 0.778. The number of hydrogen-bond acceptors (Lipinski definition) is 4. The topological polar surface area (TPSA) is 81.1 Å². The maximum absolute atomic E-state index is 11.1. The first-order valence-corrected chi connectivity index (χ1v) is 4.77. The second kappa shape index (κ2) is 4.59. The zero-order valence-electron chi connectivity index (χ0n) is 8.88. The molecule has 0 spiro atoms. The zero-order chi connectivity index (χ0) is 11.6. The van der Waals surface area contributed by atoms with Gasteiger partial charge >= 0.3 is 5.97 Å². The molecular formula is C9H16N2O4. The van der Waals surface area contributed by atoms with Crippen LogP contribution in [0.2, 0.25) is 0 Å². The van der Waals surface area contributed by atoms with Crippen LogP contribution in [0.15, 0.2) is 0 Å². The van der Waals surface area contributed by atoms with Crippen LogP contribution in [0.5, 0.6) is 0 Å². The molecule has 0 aliphatic carbocycles. The first kappa shape index (κ1) is 11.9. The van der Waals surface area contributed by atoms with Crippen molar-refractivity contribution >= 4 is 11.9 Å². The monoisotopic (exact) mass is 216 g/mol. The van der Waals surface area contributed by atoms with Crippen LogP contribution < -0.4 is 0 Å². The van der Waals surface area contributed by atoms with Gasteiger partial charge in [-0.15, -0.1) is 0 Å². The van der Waals surface area contributed by atoms with Crippen LogP contribution in [0.4, 0.5) is 0 Å². The Balaban J connectivity index is 2.56. The van der Waals surface area contributed by atoms with Crippen molar-refractivity contribution in [3.63, 3.8) is 0 Å². The summed E-state index contributed by atoms with van der Waals surface area (Å²) in [6.07, 6.45) is -0.668. The summed E-state index contributed by atoms with van der Waals surface area (Å²) in [5, 5.41) is 18.3. The minimum absolute atomic E-state index is 0.0970. The molecule has 1 heterocycles. The summed E-state index contributed by atoms with van der Waals surface area (Å²) in [5.41, 5.74) is 0. The zero-order valence-corrected chi connectivity index (χ0v) is 8.88. The van der Waals surface area contributed by atoms with Crippen molar-refractivity contribution in [1.29, 1.82) is 0 Å². The molecule has 15 heavy (non-hydrogen) atoms. The van der Waals surface area contributed by atoms with Crippen molar-refractivity contribution in [3.05, 3.63) is 0 Å². The standard InChI is InChI=1S/C9H16N2O4/c1-6(12)11-3-7(8(13)4-11)10(2)5-9(14)15/h7-8,13H,3-5H2,1-2H3,(H,14,15)/t7-,8-/m0/s1. The molecule has 0 bridgehead atoms. The quantitative estimate of drug-likeness (QED) is 0.606. The van der Waals surface area contributed by atoms with Gasteiger partial charge in [0.25, 0.3) is 0 Å². The van der Waals surface area contributed by atoms with E-state index in [1.165, 1.54) is 11.8 Å². The van der Waals surface area contributed by atoms with E-state index in [-0.39, 0.29) is 25.0 Å². The highest BCUT2D eigenvalue weighted by molar-refractivity contribution is 5.73. The van der Waals surface area contributed by atoms with Gasteiger partial charge in [0.2, 0.25) is 5.91 Å². The Labute approximate surface area is 88.1 Å². The van der Waals surface area contributed by atoms with Crippen LogP contribution in [-0.2, 0) is 9.59 Å². The number of likely N-dealkylation sites (tertiary alicyclic amines) is 1. The number of rotatable bonds is 3. The first-order chi connectivity index (χ1) is 6.91. The molecule has 1 saturated heterocycles. The van der Waals surface area contributed by atoms with E-state index in [4.69, 9.17) is 5.11 Å². The van der Waals surface area contributed by atoms with E-state index >= 15 is 0 Å². The molecule has 0 aromatic carbocycles. The molecule has 1 amide bonds. The molecule has 2 atom stereocenters. The van der Waals surface area contributed by atoms with E-state index in [9.17, 15) is 14.7 Å². The highest BCUT2D eigenvalue weighted by atomic mass is 16.4. The molecule has 6 heteroatoms. The number of aliphatic hydroxyl groups is 1. The molecule has 6 nitrogen and oxygen atoms in total. The maximum Gasteiger partial charge on any atom is 0.317 e. The fourth-order valence-corrected chi connectivity index (χ4v) is 1.79. The normalized spacial score (nSPS) is 26.0. The summed E-state index contributed by atoms with van der Waals surface area (Å²) >= 11 is 0. The minimum Gasteiger partial charge on any atom is -0.480 e. The number of carbonyl (C=O) groups is 2. The summed E-state index contributed by atoms with van der Waals surface area (Å²) in [7, 11) is 1.63. The lowest BCUT2D eigenvalue weighted by molar-refractivity contribution is -0.138. The molecule has 1 aliphatic heterocycles. The average Bonchev–Trinajstić information content (AvgIpc) is 2.46. The molecule has 0 aromatic rings. The van der Waals surface area contributed by atoms with Crippen LogP contribution in [0.3, 0.4) is 0 Å².